The third kappa shape index (κ3) is 8.75. The van der Waals surface area contributed by atoms with Crippen molar-refractivity contribution >= 4 is 57.6 Å². The molecule has 0 radical (unpaired) electrons. The van der Waals surface area contributed by atoms with E-state index in [9.17, 15) is 9.59 Å². The third-order valence-corrected chi connectivity index (χ3v) is 6.95. The molecule has 204 valence electrons. The topological polar surface area (TPSA) is 121 Å². The van der Waals surface area contributed by atoms with Crippen molar-refractivity contribution < 1.29 is 9.59 Å². The van der Waals surface area contributed by atoms with E-state index in [0.29, 0.717) is 44.7 Å². The quantitative estimate of drug-likeness (QED) is 0.153. The van der Waals surface area contributed by atoms with Gasteiger partial charge in [0.05, 0.1) is 16.9 Å². The van der Waals surface area contributed by atoms with Crippen molar-refractivity contribution in [2.24, 2.45) is 10.8 Å². The van der Waals surface area contributed by atoms with Crippen LogP contribution in [0, 0.1) is 24.7 Å². The number of aldehydes is 1. The molecule has 38 heavy (non-hydrogen) atoms. The maximum Gasteiger partial charge on any atom is 0.267 e. The van der Waals surface area contributed by atoms with E-state index in [1.54, 1.807) is 12.1 Å². The Bertz CT molecular complexity index is 1260. The molecule has 3 rings (SSSR count). The summed E-state index contributed by atoms with van der Waals surface area (Å²) in [6, 6.07) is 7.26. The maximum absolute atomic E-state index is 12.7. The molecule has 0 aliphatic heterocycles. The fraction of sp³-hybridized carbons (Fsp3) is 0.444. The number of nitrogens with zero attached hydrogens (tertiary/aromatic N) is 3. The lowest BCUT2D eigenvalue weighted by Gasteiger charge is -2.31. The molecule has 0 spiro atoms. The molecule has 11 heteroatoms. The van der Waals surface area contributed by atoms with Crippen LogP contribution in [0.5, 0.6) is 0 Å². The largest absolute Gasteiger partial charge is 0.369 e. The molecule has 0 aliphatic rings. The molecule has 2 heterocycles. The Kier molecular flexibility index (Phi) is 9.81. The first-order valence-electron chi connectivity index (χ1n) is 12.4. The van der Waals surface area contributed by atoms with E-state index < -0.39 is 0 Å². The lowest BCUT2D eigenvalue weighted by atomic mass is 9.76. The van der Waals surface area contributed by atoms with Gasteiger partial charge in [-0.15, -0.1) is 0 Å². The molecule has 4 N–H and O–H groups in total. The highest BCUT2D eigenvalue weighted by Crippen LogP contribution is 2.31. The minimum Gasteiger partial charge on any atom is -0.369 e. The highest BCUT2D eigenvalue weighted by atomic mass is 35.5. The average Bonchev–Trinajstić information content (AvgIpc) is 3.28. The summed E-state index contributed by atoms with van der Waals surface area (Å²) in [7, 11) is 0. The molecular weight excluding hydrogens is 522 g/mol. The van der Waals surface area contributed by atoms with Gasteiger partial charge in [-0.1, -0.05) is 62.8 Å². The first-order valence-corrected chi connectivity index (χ1v) is 13.6. The van der Waals surface area contributed by atoms with Crippen LogP contribution in [0.4, 0.5) is 22.5 Å². The number of anilines is 4. The Morgan fingerprint density at radius 3 is 2.55 bits per heavy atom. The van der Waals surface area contributed by atoms with E-state index in [4.69, 9.17) is 11.6 Å². The van der Waals surface area contributed by atoms with Crippen LogP contribution >= 0.6 is 22.9 Å². The summed E-state index contributed by atoms with van der Waals surface area (Å²) in [5.41, 5.74) is 1.14. The van der Waals surface area contributed by atoms with Crippen molar-refractivity contribution in [3.05, 3.63) is 51.7 Å². The van der Waals surface area contributed by atoms with Gasteiger partial charge >= 0.3 is 0 Å². The van der Waals surface area contributed by atoms with Crippen LogP contribution in [0.25, 0.3) is 0 Å². The number of benzene rings is 1. The molecule has 9 nitrogen and oxygen atoms in total. The lowest BCUT2D eigenvalue weighted by molar-refractivity contribution is -0.116. The van der Waals surface area contributed by atoms with Crippen molar-refractivity contribution in [2.45, 2.75) is 48.0 Å². The molecule has 0 bridgehead atoms. The van der Waals surface area contributed by atoms with E-state index in [1.165, 1.54) is 17.5 Å². The summed E-state index contributed by atoms with van der Waals surface area (Å²) in [5, 5.41) is 13.8. The monoisotopic (exact) mass is 557 g/mol. The van der Waals surface area contributed by atoms with E-state index in [1.807, 2.05) is 39.8 Å². The average molecular weight is 558 g/mol. The molecule has 1 amide bonds. The second-order valence-corrected chi connectivity index (χ2v) is 12.2. The number of nitrogens with one attached hydrogen (secondary N) is 4. The van der Waals surface area contributed by atoms with Crippen LogP contribution in [-0.4, -0.2) is 46.8 Å². The predicted octanol–water partition coefficient (Wildman–Crippen LogP) is 5.84. The summed E-state index contributed by atoms with van der Waals surface area (Å²) in [5.74, 6) is 1.59. The van der Waals surface area contributed by atoms with Crippen LogP contribution in [0.2, 0.25) is 5.02 Å². The van der Waals surface area contributed by atoms with Crippen LogP contribution in [0.1, 0.15) is 55.2 Å². The molecule has 0 unspecified atom stereocenters. The maximum atomic E-state index is 12.7. The number of halogens is 1. The highest BCUT2D eigenvalue weighted by Gasteiger charge is 2.28. The van der Waals surface area contributed by atoms with Gasteiger partial charge in [-0.2, -0.15) is 0 Å². The van der Waals surface area contributed by atoms with Crippen molar-refractivity contribution in [3.63, 3.8) is 0 Å². The molecule has 3 aromatic rings. The molecule has 0 aliphatic carbocycles. The van der Waals surface area contributed by atoms with E-state index >= 15 is 0 Å². The van der Waals surface area contributed by atoms with Gasteiger partial charge in [-0.3, -0.25) is 4.79 Å². The molecule has 1 aromatic carbocycles. The zero-order chi connectivity index (χ0) is 27.9. The van der Waals surface area contributed by atoms with Crippen LogP contribution in [0.15, 0.2) is 30.5 Å². The Hall–Kier alpha value is -3.08. The standard InChI is InChI=1S/C27H36ClN7O2S/c1-17-8-7-9-19(28)23(17)35-24(37)20-13-31-25(38-20)34-22-12-21(32-18(2)33-22)30-11-10-29-15-26(3,4)14-27(5,6)16-36/h7-9,12-13,16,29H,10-11,14-15H2,1-6H3,(H,35,37)(H2,30,31,32,33,34). The third-order valence-electron chi connectivity index (χ3n) is 5.73. The zero-order valence-corrected chi connectivity index (χ0v) is 24.3. The number of aromatic nitrogens is 3. The molecule has 0 fully saturated rings. The van der Waals surface area contributed by atoms with Crippen molar-refractivity contribution in [1.29, 1.82) is 0 Å². The van der Waals surface area contributed by atoms with Crippen molar-refractivity contribution in [3.8, 4) is 0 Å². The van der Waals surface area contributed by atoms with Gasteiger partial charge in [0.1, 0.15) is 28.6 Å². The second kappa shape index (κ2) is 12.6. The van der Waals surface area contributed by atoms with Crippen LogP contribution in [-0.2, 0) is 4.79 Å². The van der Waals surface area contributed by atoms with Crippen molar-refractivity contribution in [1.82, 2.24) is 20.3 Å². The van der Waals surface area contributed by atoms with E-state index in [-0.39, 0.29) is 16.7 Å². The van der Waals surface area contributed by atoms with Gasteiger partial charge < -0.3 is 26.1 Å². The number of aryl methyl sites for hydroxylation is 2. The number of rotatable bonds is 13. The number of thiazole rings is 1. The lowest BCUT2D eigenvalue weighted by Crippen LogP contribution is -2.36. The minimum absolute atomic E-state index is 0.00263. The Morgan fingerprint density at radius 2 is 1.84 bits per heavy atom. The van der Waals surface area contributed by atoms with Gasteiger partial charge in [0.15, 0.2) is 5.13 Å². The molecular formula is C27H36ClN7O2S. The summed E-state index contributed by atoms with van der Waals surface area (Å²) < 4.78 is 0. The molecule has 0 saturated carbocycles. The minimum atomic E-state index is -0.331. The number of hydrogen-bond acceptors (Lipinski definition) is 9. The van der Waals surface area contributed by atoms with Gasteiger partial charge in [0, 0.05) is 31.1 Å². The Balaban J connectivity index is 1.53. The summed E-state index contributed by atoms with van der Waals surface area (Å²) in [6.45, 7) is 14.2. The van der Waals surface area contributed by atoms with Gasteiger partial charge in [-0.05, 0) is 37.3 Å². The van der Waals surface area contributed by atoms with Crippen LogP contribution < -0.4 is 21.3 Å². The van der Waals surface area contributed by atoms with Gasteiger partial charge in [0.2, 0.25) is 0 Å². The fourth-order valence-corrected chi connectivity index (χ4v) is 5.26. The zero-order valence-electron chi connectivity index (χ0n) is 22.7. The Labute approximate surface area is 233 Å². The Morgan fingerprint density at radius 1 is 1.11 bits per heavy atom. The first kappa shape index (κ1) is 29.5. The normalized spacial score (nSPS) is 11.8. The molecule has 0 saturated heterocycles. The number of hydrogen-bond donors (Lipinski definition) is 4. The van der Waals surface area contributed by atoms with E-state index in [2.05, 4.69) is 50.1 Å². The fourth-order valence-electron chi connectivity index (χ4n) is 4.28. The summed E-state index contributed by atoms with van der Waals surface area (Å²) in [4.78, 5) is 37.6. The molecule has 0 atom stereocenters. The number of para-hydroxylation sites is 1. The second-order valence-electron chi connectivity index (χ2n) is 10.8. The number of carbonyl (C=O) groups is 2. The van der Waals surface area contributed by atoms with Crippen molar-refractivity contribution in [2.75, 3.05) is 35.6 Å². The molecule has 2 aromatic heterocycles. The first-order chi connectivity index (χ1) is 17.9. The smallest absolute Gasteiger partial charge is 0.267 e. The SMILES string of the molecule is Cc1nc(NCCNCC(C)(C)CC(C)(C)C=O)cc(Nc2ncc(C(=O)Nc3c(C)cccc3Cl)s2)n1. The van der Waals surface area contributed by atoms with Gasteiger partial charge in [-0.25, -0.2) is 15.0 Å². The van der Waals surface area contributed by atoms with E-state index in [0.717, 1.165) is 31.4 Å². The van der Waals surface area contributed by atoms with Gasteiger partial charge in [0.25, 0.3) is 5.91 Å². The summed E-state index contributed by atoms with van der Waals surface area (Å²) >= 11 is 7.45. The number of carbonyl (C=O) groups excluding carboxylic acids is 2. The predicted molar refractivity (Wildman–Crippen MR) is 156 cm³/mol. The summed E-state index contributed by atoms with van der Waals surface area (Å²) in [6.07, 6.45) is 3.36. The van der Waals surface area contributed by atoms with Crippen LogP contribution in [0.3, 0.4) is 0 Å². The number of amides is 1. The highest BCUT2D eigenvalue weighted by molar-refractivity contribution is 7.17.